The third-order valence-electron chi connectivity index (χ3n) is 4.35. The van der Waals surface area contributed by atoms with E-state index >= 15 is 0 Å². The van der Waals surface area contributed by atoms with Crippen molar-refractivity contribution in [2.45, 2.75) is 58.7 Å². The summed E-state index contributed by atoms with van der Waals surface area (Å²) in [6, 6.07) is 0.300. The van der Waals surface area contributed by atoms with Crippen LogP contribution in [0.4, 0.5) is 0 Å². The molecule has 156 valence electrons. The molecule has 0 fully saturated rings. The van der Waals surface area contributed by atoms with Crippen LogP contribution in [0.25, 0.3) is 0 Å². The number of hydrogen-bond donors (Lipinski definition) is 2. The van der Waals surface area contributed by atoms with Gasteiger partial charge < -0.3 is 15.4 Å². The number of ether oxygens (including phenoxy) is 1. The molecule has 10 heteroatoms. The molecule has 0 saturated heterocycles. The van der Waals surface area contributed by atoms with Gasteiger partial charge in [0.1, 0.15) is 12.4 Å². The largest absolute Gasteiger partial charge is 0.377 e. The van der Waals surface area contributed by atoms with Crippen molar-refractivity contribution in [2.24, 2.45) is 4.99 Å². The first-order valence-electron chi connectivity index (χ1n) is 9.55. The minimum Gasteiger partial charge on any atom is -0.377 e. The predicted octanol–water partition coefficient (Wildman–Crippen LogP) is 2.31. The van der Waals surface area contributed by atoms with Crippen LogP contribution in [0.1, 0.15) is 42.1 Å². The lowest BCUT2D eigenvalue weighted by atomic mass is 10.1. The Labute approximate surface area is 187 Å². The number of aromatic nitrogens is 4. The Bertz CT molecular complexity index is 761. The summed E-state index contributed by atoms with van der Waals surface area (Å²) in [5.74, 6) is 2.67. The highest BCUT2D eigenvalue weighted by molar-refractivity contribution is 14.0. The molecule has 1 atom stereocenters. The predicted molar refractivity (Wildman–Crippen MR) is 123 cm³/mol. The van der Waals surface area contributed by atoms with E-state index in [9.17, 15) is 0 Å². The third kappa shape index (κ3) is 6.66. The molecular weight excluding hydrogens is 489 g/mol. The van der Waals surface area contributed by atoms with E-state index in [2.05, 4.69) is 38.0 Å². The van der Waals surface area contributed by atoms with Gasteiger partial charge in [0, 0.05) is 50.2 Å². The van der Waals surface area contributed by atoms with Crippen LogP contribution in [-0.2, 0) is 30.7 Å². The quantitative estimate of drug-likeness (QED) is 0.241. The molecule has 2 aromatic heterocycles. The Balaban J connectivity index is 0.00000280. The molecular formula is C18H30IN7OS. The number of nitrogens with one attached hydrogen (secondary N) is 2. The van der Waals surface area contributed by atoms with E-state index in [4.69, 9.17) is 9.73 Å². The van der Waals surface area contributed by atoms with Gasteiger partial charge in [-0.2, -0.15) is 5.10 Å². The first kappa shape index (κ1) is 23.0. The molecule has 2 N–H and O–H groups in total. The second kappa shape index (κ2) is 11.7. The van der Waals surface area contributed by atoms with Gasteiger partial charge in [0.2, 0.25) is 0 Å². The molecule has 1 aliphatic heterocycles. The van der Waals surface area contributed by atoms with Crippen LogP contribution in [0.15, 0.2) is 10.4 Å². The highest BCUT2D eigenvalue weighted by Crippen LogP contribution is 2.14. The van der Waals surface area contributed by atoms with Gasteiger partial charge >= 0.3 is 0 Å². The SMILES string of the molecule is CCNC(=NCCCc1nc(C)cs1)NC1CCc2nc(COC)nn2C1.I. The third-order valence-corrected chi connectivity index (χ3v) is 5.37. The molecule has 0 radical (unpaired) electrons. The fourth-order valence-corrected chi connectivity index (χ4v) is 3.94. The Kier molecular flexibility index (Phi) is 9.59. The number of guanidine groups is 1. The molecule has 3 heterocycles. The van der Waals surface area contributed by atoms with E-state index in [0.29, 0.717) is 12.6 Å². The number of thiazole rings is 1. The summed E-state index contributed by atoms with van der Waals surface area (Å²) in [7, 11) is 1.67. The number of aryl methyl sites for hydroxylation is 3. The van der Waals surface area contributed by atoms with Gasteiger partial charge in [-0.25, -0.2) is 14.6 Å². The number of rotatable bonds is 8. The molecule has 1 unspecified atom stereocenters. The lowest BCUT2D eigenvalue weighted by Gasteiger charge is -2.25. The molecule has 1 aliphatic rings. The van der Waals surface area contributed by atoms with Crippen LogP contribution < -0.4 is 10.6 Å². The summed E-state index contributed by atoms with van der Waals surface area (Å²) in [4.78, 5) is 13.8. The van der Waals surface area contributed by atoms with Crippen molar-refractivity contribution < 1.29 is 4.74 Å². The number of nitrogens with zero attached hydrogens (tertiary/aromatic N) is 5. The summed E-state index contributed by atoms with van der Waals surface area (Å²) < 4.78 is 7.12. The maximum absolute atomic E-state index is 5.13. The summed E-state index contributed by atoms with van der Waals surface area (Å²) in [6.07, 6.45) is 3.92. The van der Waals surface area contributed by atoms with Crippen molar-refractivity contribution in [2.75, 3.05) is 20.2 Å². The molecule has 8 nitrogen and oxygen atoms in total. The van der Waals surface area contributed by atoms with Crippen molar-refractivity contribution in [3.63, 3.8) is 0 Å². The summed E-state index contributed by atoms with van der Waals surface area (Å²) in [6.45, 7) is 7.01. The van der Waals surface area contributed by atoms with Crippen molar-refractivity contribution in [1.29, 1.82) is 0 Å². The Hall–Kier alpha value is -1.27. The highest BCUT2D eigenvalue weighted by atomic mass is 127. The first-order valence-corrected chi connectivity index (χ1v) is 10.4. The number of halogens is 1. The molecule has 2 aromatic rings. The topological polar surface area (TPSA) is 89.2 Å². The van der Waals surface area contributed by atoms with Crippen molar-refractivity contribution in [1.82, 2.24) is 30.4 Å². The zero-order valence-electron chi connectivity index (χ0n) is 16.8. The summed E-state index contributed by atoms with van der Waals surface area (Å²) >= 11 is 1.73. The minimum atomic E-state index is 0. The number of aliphatic imine (C=N–C) groups is 1. The van der Waals surface area contributed by atoms with Gasteiger partial charge in [-0.1, -0.05) is 0 Å². The van der Waals surface area contributed by atoms with Gasteiger partial charge in [0.25, 0.3) is 0 Å². The smallest absolute Gasteiger partial charge is 0.191 e. The van der Waals surface area contributed by atoms with Crippen LogP contribution in [0.2, 0.25) is 0 Å². The normalized spacial score (nSPS) is 16.4. The molecule has 0 bridgehead atoms. The van der Waals surface area contributed by atoms with E-state index in [1.54, 1.807) is 18.4 Å². The van der Waals surface area contributed by atoms with Gasteiger partial charge in [-0.3, -0.25) is 4.99 Å². The monoisotopic (exact) mass is 519 g/mol. The minimum absolute atomic E-state index is 0. The first-order chi connectivity index (χ1) is 13.2. The molecule has 0 saturated carbocycles. The Morgan fingerprint density at radius 3 is 3.00 bits per heavy atom. The molecule has 0 amide bonds. The van der Waals surface area contributed by atoms with Crippen molar-refractivity contribution in [3.8, 4) is 0 Å². The maximum atomic E-state index is 5.13. The second-order valence-electron chi connectivity index (χ2n) is 6.69. The standard InChI is InChI=1S/C18H29N7OS.HI/c1-4-19-18(20-9-5-6-17-21-13(2)12-27-17)22-14-7-8-16-23-15(11-26-3)24-25(16)10-14;/h12,14H,4-11H2,1-3H3,(H2,19,20,22);1H. The van der Waals surface area contributed by atoms with Gasteiger partial charge in [0.15, 0.2) is 11.8 Å². The van der Waals surface area contributed by atoms with Crippen LogP contribution >= 0.6 is 35.3 Å². The van der Waals surface area contributed by atoms with Crippen LogP contribution in [0, 0.1) is 6.92 Å². The van der Waals surface area contributed by atoms with E-state index < -0.39 is 0 Å². The van der Waals surface area contributed by atoms with E-state index in [1.807, 2.05) is 11.6 Å². The molecule has 3 rings (SSSR count). The molecule has 28 heavy (non-hydrogen) atoms. The Morgan fingerprint density at radius 1 is 1.43 bits per heavy atom. The maximum Gasteiger partial charge on any atom is 0.191 e. The fraction of sp³-hybridized carbons (Fsp3) is 0.667. The van der Waals surface area contributed by atoms with Gasteiger partial charge in [-0.05, 0) is 26.7 Å². The van der Waals surface area contributed by atoms with Crippen LogP contribution in [-0.4, -0.2) is 51.9 Å². The summed E-state index contributed by atoms with van der Waals surface area (Å²) in [5.41, 5.74) is 1.10. The number of hydrogen-bond acceptors (Lipinski definition) is 6. The second-order valence-corrected chi connectivity index (χ2v) is 7.63. The Morgan fingerprint density at radius 2 is 2.29 bits per heavy atom. The zero-order chi connectivity index (χ0) is 19.1. The molecule has 0 aromatic carbocycles. The van der Waals surface area contributed by atoms with Crippen molar-refractivity contribution >= 4 is 41.3 Å². The molecule has 0 spiro atoms. The van der Waals surface area contributed by atoms with E-state index in [-0.39, 0.29) is 24.0 Å². The van der Waals surface area contributed by atoms with Crippen LogP contribution in [0.5, 0.6) is 0 Å². The lowest BCUT2D eigenvalue weighted by molar-refractivity contribution is 0.177. The zero-order valence-corrected chi connectivity index (χ0v) is 19.9. The van der Waals surface area contributed by atoms with E-state index in [1.165, 1.54) is 5.01 Å². The summed E-state index contributed by atoms with van der Waals surface area (Å²) in [5, 5.41) is 14.7. The molecule has 0 aliphatic carbocycles. The number of methoxy groups -OCH3 is 1. The average molecular weight is 519 g/mol. The number of fused-ring (bicyclic) bond motifs is 1. The fourth-order valence-electron chi connectivity index (χ4n) is 3.12. The van der Waals surface area contributed by atoms with Crippen LogP contribution in [0.3, 0.4) is 0 Å². The average Bonchev–Trinajstić information content (AvgIpc) is 3.24. The van der Waals surface area contributed by atoms with Gasteiger partial charge in [-0.15, -0.1) is 35.3 Å². The van der Waals surface area contributed by atoms with Crippen molar-refractivity contribution in [3.05, 3.63) is 27.7 Å². The van der Waals surface area contributed by atoms with Gasteiger partial charge in [0.05, 0.1) is 11.6 Å². The highest BCUT2D eigenvalue weighted by Gasteiger charge is 2.22. The van der Waals surface area contributed by atoms with E-state index in [0.717, 1.165) is 68.6 Å². The lowest BCUT2D eigenvalue weighted by Crippen LogP contribution is -2.47.